The molecule has 0 aromatic rings. The predicted octanol–water partition coefficient (Wildman–Crippen LogP) is 1.22. The van der Waals surface area contributed by atoms with Gasteiger partial charge in [0.05, 0.1) is 24.9 Å². The summed E-state index contributed by atoms with van der Waals surface area (Å²) in [5, 5.41) is 3.24. The zero-order valence-electron chi connectivity index (χ0n) is 11.0. The van der Waals surface area contributed by atoms with Crippen LogP contribution in [-0.2, 0) is 9.53 Å². The number of rotatable bonds is 5. The quantitative estimate of drug-likeness (QED) is 0.769. The molecule has 0 saturated carbocycles. The summed E-state index contributed by atoms with van der Waals surface area (Å²) in [4.78, 5) is 13.9. The van der Waals surface area contributed by atoms with E-state index in [4.69, 9.17) is 4.74 Å². The third kappa shape index (κ3) is 3.19. The molecule has 1 aliphatic heterocycles. The van der Waals surface area contributed by atoms with Crippen LogP contribution in [0.5, 0.6) is 0 Å². The van der Waals surface area contributed by atoms with Gasteiger partial charge in [0.2, 0.25) is 5.91 Å². The van der Waals surface area contributed by atoms with Crippen LogP contribution in [0, 0.1) is 5.92 Å². The summed E-state index contributed by atoms with van der Waals surface area (Å²) in [6.07, 6.45) is 0. The van der Waals surface area contributed by atoms with E-state index in [2.05, 4.69) is 19.2 Å². The fourth-order valence-corrected chi connectivity index (χ4v) is 2.12. The third-order valence-corrected chi connectivity index (χ3v) is 2.85. The smallest absolute Gasteiger partial charge is 0.241 e. The van der Waals surface area contributed by atoms with Crippen molar-refractivity contribution in [2.75, 3.05) is 19.8 Å². The predicted molar refractivity (Wildman–Crippen MR) is 64.0 cm³/mol. The molecule has 1 unspecified atom stereocenters. The maximum Gasteiger partial charge on any atom is 0.241 e. The molecule has 4 heteroatoms. The van der Waals surface area contributed by atoms with Gasteiger partial charge in [0.15, 0.2) is 0 Å². The van der Waals surface area contributed by atoms with E-state index in [-0.39, 0.29) is 17.6 Å². The molecule has 1 amide bonds. The molecule has 1 rings (SSSR count). The Hall–Kier alpha value is -0.610. The molecule has 1 aliphatic rings. The molecule has 1 fully saturated rings. The highest BCUT2D eigenvalue weighted by Gasteiger charge is 2.36. The van der Waals surface area contributed by atoms with Gasteiger partial charge in [-0.3, -0.25) is 10.1 Å². The molecule has 1 heterocycles. The van der Waals surface area contributed by atoms with Crippen molar-refractivity contribution < 1.29 is 9.53 Å². The average Bonchev–Trinajstić information content (AvgIpc) is 2.47. The Labute approximate surface area is 98.3 Å². The Morgan fingerprint density at radius 2 is 2.19 bits per heavy atom. The van der Waals surface area contributed by atoms with Crippen molar-refractivity contribution in [3.05, 3.63) is 0 Å². The molecule has 0 spiro atoms. The van der Waals surface area contributed by atoms with E-state index < -0.39 is 0 Å². The second kappa shape index (κ2) is 5.15. The summed E-state index contributed by atoms with van der Waals surface area (Å²) in [6, 6.07) is -0.0302. The number of nitrogens with one attached hydrogen (secondary N) is 1. The average molecular weight is 228 g/mol. The molecule has 1 N–H and O–H groups in total. The van der Waals surface area contributed by atoms with Crippen LogP contribution in [0.4, 0.5) is 0 Å². The number of carbonyl (C=O) groups excluding carboxylic acids is 1. The van der Waals surface area contributed by atoms with Crippen molar-refractivity contribution in [3.8, 4) is 0 Å². The zero-order valence-corrected chi connectivity index (χ0v) is 11.0. The molecule has 0 radical (unpaired) electrons. The van der Waals surface area contributed by atoms with Crippen LogP contribution < -0.4 is 5.32 Å². The summed E-state index contributed by atoms with van der Waals surface area (Å²) in [7, 11) is 0. The first kappa shape index (κ1) is 13.5. The van der Waals surface area contributed by atoms with Crippen LogP contribution in [0.15, 0.2) is 0 Å². The lowest BCUT2D eigenvalue weighted by molar-refractivity contribution is -0.133. The van der Waals surface area contributed by atoms with E-state index >= 15 is 0 Å². The van der Waals surface area contributed by atoms with Gasteiger partial charge in [0.25, 0.3) is 0 Å². The maximum absolute atomic E-state index is 12.0. The van der Waals surface area contributed by atoms with Crippen molar-refractivity contribution >= 4 is 5.91 Å². The lowest BCUT2D eigenvalue weighted by atomic mass is 10.0. The fourth-order valence-electron chi connectivity index (χ4n) is 2.12. The van der Waals surface area contributed by atoms with Crippen LogP contribution >= 0.6 is 0 Å². The molecule has 1 atom stereocenters. The van der Waals surface area contributed by atoms with E-state index in [0.717, 1.165) is 0 Å². The maximum atomic E-state index is 12.0. The van der Waals surface area contributed by atoms with E-state index in [1.807, 2.05) is 25.7 Å². The lowest BCUT2D eigenvalue weighted by Gasteiger charge is -2.29. The van der Waals surface area contributed by atoms with E-state index in [1.165, 1.54) is 0 Å². The zero-order chi connectivity index (χ0) is 12.3. The molecule has 0 aliphatic carbocycles. The summed E-state index contributed by atoms with van der Waals surface area (Å²) in [5.74, 6) is 0.537. The number of hydrogen-bond acceptors (Lipinski definition) is 3. The summed E-state index contributed by atoms with van der Waals surface area (Å²) >= 11 is 0. The van der Waals surface area contributed by atoms with E-state index in [0.29, 0.717) is 25.7 Å². The van der Waals surface area contributed by atoms with Crippen molar-refractivity contribution in [1.82, 2.24) is 10.2 Å². The number of amides is 1. The molecule has 0 aromatic heterocycles. The first-order chi connectivity index (χ1) is 7.37. The fraction of sp³-hybridized carbons (Fsp3) is 0.917. The van der Waals surface area contributed by atoms with Gasteiger partial charge in [0, 0.05) is 6.61 Å². The minimum Gasteiger partial charge on any atom is -0.374 e. The van der Waals surface area contributed by atoms with E-state index in [9.17, 15) is 4.79 Å². The number of nitrogens with zero attached hydrogens (tertiary/aromatic N) is 1. The summed E-state index contributed by atoms with van der Waals surface area (Å²) in [5.41, 5.74) is -0.266. The van der Waals surface area contributed by atoms with Gasteiger partial charge >= 0.3 is 0 Å². The van der Waals surface area contributed by atoms with Gasteiger partial charge in [-0.25, -0.2) is 0 Å². The molecule has 4 nitrogen and oxygen atoms in total. The van der Waals surface area contributed by atoms with Gasteiger partial charge in [-0.2, -0.15) is 0 Å². The van der Waals surface area contributed by atoms with Crippen molar-refractivity contribution in [2.24, 2.45) is 5.92 Å². The molecule has 0 bridgehead atoms. The van der Waals surface area contributed by atoms with Crippen LogP contribution in [0.25, 0.3) is 0 Å². The van der Waals surface area contributed by atoms with Gasteiger partial charge in [-0.05, 0) is 26.7 Å². The highest BCUT2D eigenvalue weighted by atomic mass is 16.5. The first-order valence-electron chi connectivity index (χ1n) is 6.03. The Morgan fingerprint density at radius 1 is 1.56 bits per heavy atom. The van der Waals surface area contributed by atoms with Crippen LogP contribution in [-0.4, -0.2) is 42.3 Å². The lowest BCUT2D eigenvalue weighted by Crippen LogP contribution is -2.43. The normalized spacial score (nSPS) is 22.2. The van der Waals surface area contributed by atoms with Gasteiger partial charge in [-0.15, -0.1) is 0 Å². The van der Waals surface area contributed by atoms with E-state index in [1.54, 1.807) is 0 Å². The minimum absolute atomic E-state index is 0.0302. The van der Waals surface area contributed by atoms with Gasteiger partial charge in [-0.1, -0.05) is 13.8 Å². The SMILES string of the molecule is CCOC(C)(C)CN1CNC(C(C)C)C1=O. The van der Waals surface area contributed by atoms with Crippen molar-refractivity contribution in [1.29, 1.82) is 0 Å². The number of hydrogen-bond donors (Lipinski definition) is 1. The first-order valence-corrected chi connectivity index (χ1v) is 6.03. The Kier molecular flexibility index (Phi) is 4.33. The Balaban J connectivity index is 2.55. The monoisotopic (exact) mass is 228 g/mol. The Morgan fingerprint density at radius 3 is 2.62 bits per heavy atom. The largest absolute Gasteiger partial charge is 0.374 e. The summed E-state index contributed by atoms with van der Waals surface area (Å²) < 4.78 is 5.61. The molecule has 16 heavy (non-hydrogen) atoms. The van der Waals surface area contributed by atoms with Crippen molar-refractivity contribution in [3.63, 3.8) is 0 Å². The topological polar surface area (TPSA) is 41.6 Å². The van der Waals surface area contributed by atoms with Gasteiger partial charge in [0.1, 0.15) is 0 Å². The van der Waals surface area contributed by atoms with Gasteiger partial charge < -0.3 is 9.64 Å². The number of ether oxygens (including phenoxy) is 1. The van der Waals surface area contributed by atoms with Crippen LogP contribution in [0.2, 0.25) is 0 Å². The van der Waals surface area contributed by atoms with Crippen LogP contribution in [0.3, 0.4) is 0 Å². The molecular formula is C12H24N2O2. The third-order valence-electron chi connectivity index (χ3n) is 2.85. The summed E-state index contributed by atoms with van der Waals surface area (Å²) in [6.45, 7) is 12.1. The Bertz CT molecular complexity index is 251. The second-order valence-electron chi connectivity index (χ2n) is 5.31. The highest BCUT2D eigenvalue weighted by Crippen LogP contribution is 2.17. The number of carbonyl (C=O) groups is 1. The molecule has 1 saturated heterocycles. The van der Waals surface area contributed by atoms with Crippen LogP contribution in [0.1, 0.15) is 34.6 Å². The molecular weight excluding hydrogens is 204 g/mol. The minimum atomic E-state index is -0.266. The standard InChI is InChI=1S/C12H24N2O2/c1-6-16-12(4,5)7-14-8-13-10(9(2)3)11(14)15/h9-10,13H,6-8H2,1-5H3. The second-order valence-corrected chi connectivity index (χ2v) is 5.31. The highest BCUT2D eigenvalue weighted by molar-refractivity contribution is 5.84. The molecule has 0 aromatic carbocycles. The molecule has 94 valence electrons. The van der Waals surface area contributed by atoms with Crippen molar-refractivity contribution in [2.45, 2.75) is 46.3 Å².